The topological polar surface area (TPSA) is 59.6 Å². The van der Waals surface area contributed by atoms with Crippen LogP contribution in [0.4, 0.5) is 0 Å². The summed E-state index contributed by atoms with van der Waals surface area (Å²) in [7, 11) is 0. The average Bonchev–Trinajstić information content (AvgIpc) is 2.56. The van der Waals surface area contributed by atoms with E-state index in [0.717, 1.165) is 36.6 Å². The molecule has 1 fully saturated rings. The van der Waals surface area contributed by atoms with Gasteiger partial charge in [0.2, 0.25) is 5.91 Å². The average molecular weight is 318 g/mol. The minimum Gasteiger partial charge on any atom is -0.486 e. The molecule has 0 bridgehead atoms. The summed E-state index contributed by atoms with van der Waals surface area (Å²) in [4.78, 5) is 12.8. The number of hydrogen-bond donors (Lipinski definition) is 2. The Balaban J connectivity index is 1.75. The Bertz CT molecular complexity index is 586. The molecule has 1 saturated heterocycles. The molecule has 0 spiro atoms. The van der Waals surface area contributed by atoms with E-state index in [2.05, 4.69) is 17.6 Å². The summed E-state index contributed by atoms with van der Waals surface area (Å²) in [6.45, 7) is 9.13. The predicted octanol–water partition coefficient (Wildman–Crippen LogP) is 1.85. The van der Waals surface area contributed by atoms with Gasteiger partial charge < -0.3 is 20.1 Å². The molecule has 2 heterocycles. The fraction of sp³-hybridized carbons (Fsp3) is 0.611. The molecule has 3 rings (SSSR count). The van der Waals surface area contributed by atoms with E-state index >= 15 is 0 Å². The van der Waals surface area contributed by atoms with E-state index in [9.17, 15) is 4.79 Å². The Morgan fingerprint density at radius 2 is 2.00 bits per heavy atom. The quantitative estimate of drug-likeness (QED) is 0.893. The molecule has 23 heavy (non-hydrogen) atoms. The number of hydrogen-bond acceptors (Lipinski definition) is 4. The molecule has 5 nitrogen and oxygen atoms in total. The van der Waals surface area contributed by atoms with Crippen LogP contribution in [0.15, 0.2) is 18.2 Å². The van der Waals surface area contributed by atoms with Crippen LogP contribution in [0.1, 0.15) is 32.8 Å². The van der Waals surface area contributed by atoms with Gasteiger partial charge in [0.05, 0.1) is 5.41 Å². The molecule has 2 unspecified atom stereocenters. The van der Waals surface area contributed by atoms with Crippen molar-refractivity contribution in [1.29, 1.82) is 0 Å². The zero-order chi connectivity index (χ0) is 16.4. The zero-order valence-electron chi connectivity index (χ0n) is 14.1. The second kappa shape index (κ2) is 6.40. The molecular formula is C18H26N2O3. The molecule has 1 aromatic rings. The first-order valence-electron chi connectivity index (χ1n) is 8.40. The normalized spacial score (nSPS) is 24.1. The van der Waals surface area contributed by atoms with E-state index in [1.54, 1.807) is 0 Å². The molecule has 2 aliphatic heterocycles. The summed E-state index contributed by atoms with van der Waals surface area (Å²) in [6.07, 6.45) is 0.976. The highest BCUT2D eigenvalue weighted by Gasteiger charge is 2.34. The van der Waals surface area contributed by atoms with Crippen LogP contribution in [0.2, 0.25) is 0 Å². The number of piperidine rings is 1. The monoisotopic (exact) mass is 318 g/mol. The van der Waals surface area contributed by atoms with E-state index in [-0.39, 0.29) is 11.9 Å². The first-order chi connectivity index (χ1) is 11.0. The number of rotatable bonds is 3. The Morgan fingerprint density at radius 1 is 1.26 bits per heavy atom. The summed E-state index contributed by atoms with van der Waals surface area (Å²) >= 11 is 0. The van der Waals surface area contributed by atoms with Crippen LogP contribution in [0.5, 0.6) is 11.5 Å². The van der Waals surface area contributed by atoms with Crippen molar-refractivity contribution in [2.75, 3.05) is 26.3 Å². The summed E-state index contributed by atoms with van der Waals surface area (Å²) in [5.74, 6) is 1.99. The minimum atomic E-state index is -0.611. The molecular weight excluding hydrogens is 292 g/mol. The third-order valence-electron chi connectivity index (χ3n) is 4.93. The largest absolute Gasteiger partial charge is 0.486 e. The number of ether oxygens (including phenoxy) is 2. The number of nitrogens with one attached hydrogen (secondary N) is 2. The van der Waals surface area contributed by atoms with E-state index < -0.39 is 5.41 Å². The van der Waals surface area contributed by atoms with Crippen molar-refractivity contribution in [3.63, 3.8) is 0 Å². The molecule has 5 heteroatoms. The number of fused-ring (bicyclic) bond motifs is 1. The van der Waals surface area contributed by atoms with Crippen molar-refractivity contribution >= 4 is 5.91 Å². The Hall–Kier alpha value is -1.75. The van der Waals surface area contributed by atoms with Crippen molar-refractivity contribution in [3.8, 4) is 11.5 Å². The van der Waals surface area contributed by atoms with Crippen LogP contribution in [0.3, 0.4) is 0 Å². The van der Waals surface area contributed by atoms with Crippen LogP contribution in [0.25, 0.3) is 0 Å². The van der Waals surface area contributed by atoms with Gasteiger partial charge in [0.25, 0.3) is 0 Å². The zero-order valence-corrected chi connectivity index (χ0v) is 14.1. The lowest BCUT2D eigenvalue weighted by Gasteiger charge is -2.34. The van der Waals surface area contributed by atoms with Gasteiger partial charge >= 0.3 is 0 Å². The Kier molecular flexibility index (Phi) is 4.48. The lowest BCUT2D eigenvalue weighted by molar-refractivity contribution is -0.126. The van der Waals surface area contributed by atoms with Gasteiger partial charge in [-0.25, -0.2) is 0 Å². The second-order valence-electron chi connectivity index (χ2n) is 7.03. The molecule has 0 aromatic heterocycles. The first kappa shape index (κ1) is 16.1. The highest BCUT2D eigenvalue weighted by atomic mass is 16.6. The number of amides is 1. The molecule has 0 radical (unpaired) electrons. The smallest absolute Gasteiger partial charge is 0.230 e. The molecule has 1 aromatic carbocycles. The van der Waals surface area contributed by atoms with Gasteiger partial charge in [0.15, 0.2) is 11.5 Å². The van der Waals surface area contributed by atoms with E-state index in [1.165, 1.54) is 0 Å². The van der Waals surface area contributed by atoms with Crippen LogP contribution < -0.4 is 20.1 Å². The number of carbonyl (C=O) groups excluding carboxylic acids is 1. The third kappa shape index (κ3) is 3.29. The van der Waals surface area contributed by atoms with Crippen LogP contribution in [-0.4, -0.2) is 38.3 Å². The highest BCUT2D eigenvalue weighted by Crippen LogP contribution is 2.35. The van der Waals surface area contributed by atoms with Gasteiger partial charge in [-0.05, 0) is 57.0 Å². The van der Waals surface area contributed by atoms with Crippen molar-refractivity contribution in [1.82, 2.24) is 10.6 Å². The van der Waals surface area contributed by atoms with E-state index in [1.807, 2.05) is 32.0 Å². The molecule has 2 N–H and O–H groups in total. The Morgan fingerprint density at radius 3 is 2.74 bits per heavy atom. The summed E-state index contributed by atoms with van der Waals surface area (Å²) in [6, 6.07) is 6.02. The molecule has 0 aliphatic carbocycles. The Labute approximate surface area is 137 Å². The molecule has 126 valence electrons. The summed E-state index contributed by atoms with van der Waals surface area (Å²) < 4.78 is 11.2. The minimum absolute atomic E-state index is 0.0629. The van der Waals surface area contributed by atoms with Crippen LogP contribution in [0, 0.1) is 5.92 Å². The summed E-state index contributed by atoms with van der Waals surface area (Å²) in [5, 5.41) is 6.60. The molecule has 2 atom stereocenters. The summed E-state index contributed by atoms with van der Waals surface area (Å²) in [5.41, 5.74) is 0.335. The van der Waals surface area contributed by atoms with Crippen LogP contribution in [-0.2, 0) is 10.2 Å². The van der Waals surface area contributed by atoms with Crippen molar-refractivity contribution in [2.45, 2.75) is 38.6 Å². The second-order valence-corrected chi connectivity index (χ2v) is 7.03. The van der Waals surface area contributed by atoms with Gasteiger partial charge in [-0.1, -0.05) is 13.0 Å². The lowest BCUT2D eigenvalue weighted by Crippen LogP contribution is -2.52. The first-order valence-corrected chi connectivity index (χ1v) is 8.40. The predicted molar refractivity (Wildman–Crippen MR) is 89.0 cm³/mol. The maximum atomic E-state index is 12.8. The van der Waals surface area contributed by atoms with Crippen LogP contribution >= 0.6 is 0 Å². The third-order valence-corrected chi connectivity index (χ3v) is 4.93. The fourth-order valence-corrected chi connectivity index (χ4v) is 3.14. The molecule has 0 saturated carbocycles. The lowest BCUT2D eigenvalue weighted by atomic mass is 9.82. The van der Waals surface area contributed by atoms with Gasteiger partial charge in [0, 0.05) is 6.04 Å². The van der Waals surface area contributed by atoms with E-state index in [4.69, 9.17) is 9.47 Å². The van der Waals surface area contributed by atoms with E-state index in [0.29, 0.717) is 19.1 Å². The highest BCUT2D eigenvalue weighted by molar-refractivity contribution is 5.87. The van der Waals surface area contributed by atoms with Gasteiger partial charge in [-0.2, -0.15) is 0 Å². The van der Waals surface area contributed by atoms with Crippen molar-refractivity contribution in [3.05, 3.63) is 23.8 Å². The maximum absolute atomic E-state index is 12.8. The van der Waals surface area contributed by atoms with Gasteiger partial charge in [-0.3, -0.25) is 4.79 Å². The molecule has 1 amide bonds. The number of benzene rings is 1. The standard InChI is InChI=1S/C18H26N2O3/c1-12-11-19-7-6-14(12)20-17(21)18(2,3)13-4-5-15-16(10-13)23-9-8-22-15/h4-5,10,12,14,19H,6-9,11H2,1-3H3,(H,20,21). The maximum Gasteiger partial charge on any atom is 0.230 e. The van der Waals surface area contributed by atoms with Gasteiger partial charge in [-0.15, -0.1) is 0 Å². The van der Waals surface area contributed by atoms with Crippen molar-refractivity contribution < 1.29 is 14.3 Å². The van der Waals surface area contributed by atoms with Crippen molar-refractivity contribution in [2.24, 2.45) is 5.92 Å². The molecule has 2 aliphatic rings. The SMILES string of the molecule is CC1CNCCC1NC(=O)C(C)(C)c1ccc2c(c1)OCCO2. The van der Waals surface area contributed by atoms with Gasteiger partial charge in [0.1, 0.15) is 13.2 Å². The number of carbonyl (C=O) groups is 1. The fourth-order valence-electron chi connectivity index (χ4n) is 3.14.